The van der Waals surface area contributed by atoms with Crippen LogP contribution in [-0.4, -0.2) is 46.7 Å². The molecule has 1 N–H and O–H groups in total. The Kier molecular flexibility index (Phi) is 5.49. The van der Waals surface area contributed by atoms with Crippen molar-refractivity contribution in [3.8, 4) is 0 Å². The van der Waals surface area contributed by atoms with Gasteiger partial charge in [-0.3, -0.25) is 4.57 Å². The molecule has 0 aliphatic carbocycles. The van der Waals surface area contributed by atoms with Crippen molar-refractivity contribution in [1.82, 2.24) is 19.8 Å². The second-order valence-corrected chi connectivity index (χ2v) is 7.18. The molecule has 23 heavy (non-hydrogen) atoms. The Balaban J connectivity index is 1.49. The van der Waals surface area contributed by atoms with Crippen molar-refractivity contribution in [1.29, 1.82) is 0 Å². The highest BCUT2D eigenvalue weighted by molar-refractivity contribution is 5.06. The van der Waals surface area contributed by atoms with Gasteiger partial charge in [-0.2, -0.15) is 4.98 Å². The minimum absolute atomic E-state index is 0.125. The van der Waals surface area contributed by atoms with Gasteiger partial charge in [-0.25, -0.2) is 4.79 Å². The minimum atomic E-state index is -0.125. The first kappa shape index (κ1) is 16.7. The van der Waals surface area contributed by atoms with E-state index in [2.05, 4.69) is 15.2 Å². The van der Waals surface area contributed by atoms with Crippen LogP contribution in [0.1, 0.15) is 43.5 Å². The van der Waals surface area contributed by atoms with Gasteiger partial charge in [0.1, 0.15) is 0 Å². The molecule has 0 aromatic carbocycles. The molecule has 2 atom stereocenters. The SMILES string of the molecule is Cc1cc(C)n(CCNC[C@@H]2CCCN3CCCC[C@H]23)c(=O)n1. The molecule has 0 spiro atoms. The van der Waals surface area contributed by atoms with Crippen molar-refractivity contribution in [2.75, 3.05) is 26.2 Å². The summed E-state index contributed by atoms with van der Waals surface area (Å²) in [5.74, 6) is 0.776. The molecule has 0 amide bonds. The van der Waals surface area contributed by atoms with Crippen molar-refractivity contribution < 1.29 is 0 Å². The minimum Gasteiger partial charge on any atom is -0.315 e. The van der Waals surface area contributed by atoms with Crippen LogP contribution in [0.15, 0.2) is 10.9 Å². The lowest BCUT2D eigenvalue weighted by Crippen LogP contribution is -2.50. The Bertz CT molecular complexity index is 581. The van der Waals surface area contributed by atoms with E-state index in [1.54, 1.807) is 4.57 Å². The maximum absolute atomic E-state index is 12.0. The summed E-state index contributed by atoms with van der Waals surface area (Å²) in [7, 11) is 0. The molecule has 1 aromatic rings. The number of hydrogen-bond acceptors (Lipinski definition) is 4. The molecule has 1 aromatic heterocycles. The summed E-state index contributed by atoms with van der Waals surface area (Å²) in [6, 6.07) is 2.76. The Labute approximate surface area is 139 Å². The maximum Gasteiger partial charge on any atom is 0.347 e. The van der Waals surface area contributed by atoms with Crippen molar-refractivity contribution in [2.24, 2.45) is 5.92 Å². The van der Waals surface area contributed by atoms with Gasteiger partial charge in [-0.05, 0) is 71.1 Å². The van der Waals surface area contributed by atoms with Gasteiger partial charge in [0.2, 0.25) is 0 Å². The predicted molar refractivity (Wildman–Crippen MR) is 92.8 cm³/mol. The van der Waals surface area contributed by atoms with Crippen molar-refractivity contribution in [3.63, 3.8) is 0 Å². The molecule has 2 aliphatic heterocycles. The molecule has 0 radical (unpaired) electrons. The molecule has 2 aliphatic rings. The Morgan fingerprint density at radius 2 is 2.04 bits per heavy atom. The van der Waals surface area contributed by atoms with Crippen LogP contribution < -0.4 is 11.0 Å². The lowest BCUT2D eigenvalue weighted by Gasteiger charge is -2.44. The highest BCUT2D eigenvalue weighted by atomic mass is 16.1. The normalized spacial score (nSPS) is 25.3. The second-order valence-electron chi connectivity index (χ2n) is 7.18. The van der Waals surface area contributed by atoms with E-state index in [9.17, 15) is 4.79 Å². The molecular weight excluding hydrogens is 288 g/mol. The molecule has 0 unspecified atom stereocenters. The lowest BCUT2D eigenvalue weighted by molar-refractivity contribution is 0.0594. The summed E-state index contributed by atoms with van der Waals surface area (Å²) in [6.45, 7) is 9.07. The van der Waals surface area contributed by atoms with Crippen LogP contribution in [0.2, 0.25) is 0 Å². The van der Waals surface area contributed by atoms with Crippen LogP contribution in [-0.2, 0) is 6.54 Å². The van der Waals surface area contributed by atoms with E-state index >= 15 is 0 Å². The van der Waals surface area contributed by atoms with Gasteiger partial charge >= 0.3 is 5.69 Å². The number of hydrogen-bond donors (Lipinski definition) is 1. The van der Waals surface area contributed by atoms with Crippen LogP contribution in [0.25, 0.3) is 0 Å². The molecule has 0 saturated carbocycles. The third-order valence-corrected chi connectivity index (χ3v) is 5.49. The zero-order chi connectivity index (χ0) is 16.2. The van der Waals surface area contributed by atoms with E-state index in [1.807, 2.05) is 19.9 Å². The van der Waals surface area contributed by atoms with E-state index in [1.165, 1.54) is 45.2 Å². The molecule has 2 fully saturated rings. The zero-order valence-electron chi connectivity index (χ0n) is 14.6. The average molecular weight is 318 g/mol. The smallest absolute Gasteiger partial charge is 0.315 e. The summed E-state index contributed by atoms with van der Waals surface area (Å²) in [5, 5.41) is 3.59. The summed E-state index contributed by atoms with van der Waals surface area (Å²) in [5.41, 5.74) is 1.68. The second kappa shape index (κ2) is 7.58. The number of nitrogens with one attached hydrogen (secondary N) is 1. The first-order valence-electron chi connectivity index (χ1n) is 9.15. The topological polar surface area (TPSA) is 50.2 Å². The summed E-state index contributed by atoms with van der Waals surface area (Å²) in [4.78, 5) is 18.7. The first-order chi connectivity index (χ1) is 11.1. The first-order valence-corrected chi connectivity index (χ1v) is 9.15. The van der Waals surface area contributed by atoms with Gasteiger partial charge < -0.3 is 10.2 Å². The highest BCUT2D eigenvalue weighted by Gasteiger charge is 2.32. The van der Waals surface area contributed by atoms with Crippen molar-refractivity contribution >= 4 is 0 Å². The van der Waals surface area contributed by atoms with Gasteiger partial charge in [0.25, 0.3) is 0 Å². The molecule has 2 saturated heterocycles. The van der Waals surface area contributed by atoms with Gasteiger partial charge in [-0.1, -0.05) is 6.42 Å². The van der Waals surface area contributed by atoms with E-state index in [0.29, 0.717) is 6.54 Å². The van der Waals surface area contributed by atoms with Crippen LogP contribution >= 0.6 is 0 Å². The van der Waals surface area contributed by atoms with Gasteiger partial charge in [0, 0.05) is 30.5 Å². The highest BCUT2D eigenvalue weighted by Crippen LogP contribution is 2.30. The fourth-order valence-corrected chi connectivity index (χ4v) is 4.34. The largest absolute Gasteiger partial charge is 0.347 e. The maximum atomic E-state index is 12.0. The van der Waals surface area contributed by atoms with Gasteiger partial charge in [0.15, 0.2) is 0 Å². The van der Waals surface area contributed by atoms with Crippen LogP contribution in [0, 0.1) is 19.8 Å². The van der Waals surface area contributed by atoms with Gasteiger partial charge in [0.05, 0.1) is 0 Å². The standard InChI is InChI=1S/C18H30N4O/c1-14-12-15(2)22(18(23)20-14)11-8-19-13-16-6-5-10-21-9-4-3-7-17(16)21/h12,16-17,19H,3-11,13H2,1-2H3/t16-,17+/m0/s1. The number of aromatic nitrogens is 2. The number of nitrogens with zero attached hydrogens (tertiary/aromatic N) is 3. The van der Waals surface area contributed by atoms with E-state index in [-0.39, 0.29) is 5.69 Å². The summed E-state index contributed by atoms with van der Waals surface area (Å²) in [6.07, 6.45) is 6.82. The molecule has 128 valence electrons. The molecule has 0 bridgehead atoms. The Morgan fingerprint density at radius 1 is 1.22 bits per heavy atom. The van der Waals surface area contributed by atoms with Crippen LogP contribution in [0.3, 0.4) is 0 Å². The molecular formula is C18H30N4O. The van der Waals surface area contributed by atoms with Gasteiger partial charge in [-0.15, -0.1) is 0 Å². The van der Waals surface area contributed by atoms with E-state index in [4.69, 9.17) is 0 Å². The number of aryl methyl sites for hydroxylation is 2. The molecule has 5 heteroatoms. The number of fused-ring (bicyclic) bond motifs is 1. The van der Waals surface area contributed by atoms with E-state index < -0.39 is 0 Å². The van der Waals surface area contributed by atoms with Crippen LogP contribution in [0.4, 0.5) is 0 Å². The molecule has 3 rings (SSSR count). The monoisotopic (exact) mass is 318 g/mol. The fourth-order valence-electron chi connectivity index (χ4n) is 4.34. The molecule has 5 nitrogen and oxygen atoms in total. The predicted octanol–water partition coefficient (Wildman–Crippen LogP) is 1.71. The Morgan fingerprint density at radius 3 is 2.87 bits per heavy atom. The molecule has 3 heterocycles. The van der Waals surface area contributed by atoms with Crippen LogP contribution in [0.5, 0.6) is 0 Å². The average Bonchev–Trinajstić information content (AvgIpc) is 2.53. The Hall–Kier alpha value is -1.20. The zero-order valence-corrected chi connectivity index (χ0v) is 14.6. The van der Waals surface area contributed by atoms with E-state index in [0.717, 1.165) is 36.4 Å². The number of rotatable bonds is 5. The quantitative estimate of drug-likeness (QED) is 0.840. The third-order valence-electron chi connectivity index (χ3n) is 5.49. The summed E-state index contributed by atoms with van der Waals surface area (Å²) >= 11 is 0. The summed E-state index contributed by atoms with van der Waals surface area (Å²) < 4.78 is 1.77. The fraction of sp³-hybridized carbons (Fsp3) is 0.778. The van der Waals surface area contributed by atoms with Crippen molar-refractivity contribution in [3.05, 3.63) is 27.9 Å². The number of piperidine rings is 2. The third kappa shape index (κ3) is 4.01. The van der Waals surface area contributed by atoms with Crippen molar-refractivity contribution in [2.45, 2.75) is 58.5 Å². The lowest BCUT2D eigenvalue weighted by atomic mass is 9.83.